The molecular formula is C20H24FN3O2. The Morgan fingerprint density at radius 1 is 1.27 bits per heavy atom. The number of hydrogen-bond acceptors (Lipinski definition) is 3. The van der Waals surface area contributed by atoms with Crippen LogP contribution in [0.1, 0.15) is 36.3 Å². The first-order valence-corrected chi connectivity index (χ1v) is 8.84. The van der Waals surface area contributed by atoms with Crippen molar-refractivity contribution in [3.8, 4) is 0 Å². The van der Waals surface area contributed by atoms with E-state index < -0.39 is 18.0 Å². The number of rotatable bonds is 6. The van der Waals surface area contributed by atoms with Crippen LogP contribution >= 0.6 is 0 Å². The third kappa shape index (κ3) is 3.30. The van der Waals surface area contributed by atoms with Crippen LogP contribution in [0.3, 0.4) is 0 Å². The van der Waals surface area contributed by atoms with Crippen LogP contribution in [0.15, 0.2) is 41.2 Å². The van der Waals surface area contributed by atoms with Crippen LogP contribution in [0.5, 0.6) is 0 Å². The highest BCUT2D eigenvalue weighted by Crippen LogP contribution is 2.27. The van der Waals surface area contributed by atoms with Crippen LogP contribution in [0.25, 0.3) is 12.2 Å². The zero-order valence-corrected chi connectivity index (χ0v) is 15.0. The van der Waals surface area contributed by atoms with Crippen molar-refractivity contribution in [1.82, 2.24) is 14.5 Å². The number of imidazole rings is 1. The van der Waals surface area contributed by atoms with Crippen molar-refractivity contribution < 1.29 is 9.50 Å². The fourth-order valence-electron chi connectivity index (χ4n) is 3.51. The maximum Gasteiger partial charge on any atom is 0.329 e. The van der Waals surface area contributed by atoms with E-state index in [9.17, 15) is 14.3 Å². The van der Waals surface area contributed by atoms with E-state index in [-0.39, 0.29) is 12.2 Å². The first-order chi connectivity index (χ1) is 12.6. The molecule has 5 nitrogen and oxygen atoms in total. The lowest BCUT2D eigenvalue weighted by atomic mass is 10.00. The summed E-state index contributed by atoms with van der Waals surface area (Å²) in [4.78, 5) is 13.1. The number of aliphatic hydroxyl groups is 1. The quantitative estimate of drug-likeness (QED) is 0.835. The van der Waals surface area contributed by atoms with E-state index in [0.717, 1.165) is 17.8 Å². The largest absolute Gasteiger partial charge is 0.389 e. The average Bonchev–Trinajstić information content (AvgIpc) is 2.77. The van der Waals surface area contributed by atoms with Crippen molar-refractivity contribution in [1.29, 1.82) is 0 Å². The fourth-order valence-corrected chi connectivity index (χ4v) is 3.51. The van der Waals surface area contributed by atoms with Gasteiger partial charge in [0.05, 0.1) is 23.5 Å². The molecule has 2 atom stereocenters. The number of nitrogens with one attached hydrogen (secondary N) is 1. The third-order valence-corrected chi connectivity index (χ3v) is 4.64. The molecule has 3 rings (SSSR count). The van der Waals surface area contributed by atoms with E-state index >= 15 is 0 Å². The van der Waals surface area contributed by atoms with Crippen molar-refractivity contribution in [3.05, 3.63) is 69.7 Å². The van der Waals surface area contributed by atoms with Gasteiger partial charge in [-0.1, -0.05) is 24.3 Å². The molecule has 1 aromatic carbocycles. The topological polar surface area (TPSA) is 59.2 Å². The molecular weight excluding hydrogens is 333 g/mol. The molecule has 0 fully saturated rings. The Kier molecular flexibility index (Phi) is 5.54. The number of hydrogen-bond donors (Lipinski definition) is 2. The third-order valence-electron chi connectivity index (χ3n) is 4.64. The Morgan fingerprint density at radius 2 is 2.00 bits per heavy atom. The standard InChI is InChI=1S/C20H24FN3O2/c1-3-23-16-10-5-4-6-11-17(16)24(20(23)26)19(18(25)13-22-2)14-8-7-9-15(21)12-14/h5-12,18-19,22,25H,3-4,13H2,1-2H3. The Balaban J connectivity index is 2.27. The summed E-state index contributed by atoms with van der Waals surface area (Å²) in [5, 5.41) is 13.7. The van der Waals surface area contributed by atoms with Crippen molar-refractivity contribution in [2.75, 3.05) is 13.6 Å². The lowest BCUT2D eigenvalue weighted by molar-refractivity contribution is 0.128. The SMILES string of the molecule is CCn1c2c(n(C(c3cccc(F)c3)C(O)CNC)c1=O)C=CCC=C2. The predicted octanol–water partition coefficient (Wildman–Crippen LogP) is 2.41. The zero-order valence-electron chi connectivity index (χ0n) is 15.0. The van der Waals surface area contributed by atoms with Crippen LogP contribution < -0.4 is 11.0 Å². The molecule has 26 heavy (non-hydrogen) atoms. The van der Waals surface area contributed by atoms with Crippen LogP contribution in [0.2, 0.25) is 0 Å². The summed E-state index contributed by atoms with van der Waals surface area (Å²) in [5.41, 5.74) is 1.89. The Hall–Kier alpha value is -2.44. The van der Waals surface area contributed by atoms with E-state index in [1.165, 1.54) is 12.1 Å². The van der Waals surface area contributed by atoms with Gasteiger partial charge in [-0.25, -0.2) is 9.18 Å². The highest BCUT2D eigenvalue weighted by molar-refractivity contribution is 5.63. The van der Waals surface area contributed by atoms with Gasteiger partial charge in [0.25, 0.3) is 0 Å². The number of nitrogens with zero attached hydrogens (tertiary/aromatic N) is 2. The van der Waals surface area contributed by atoms with Gasteiger partial charge in [0.15, 0.2) is 0 Å². The second-order valence-electron chi connectivity index (χ2n) is 6.33. The monoisotopic (exact) mass is 357 g/mol. The molecule has 138 valence electrons. The second kappa shape index (κ2) is 7.85. The Labute approximate surface area is 152 Å². The van der Waals surface area contributed by atoms with Crippen LogP contribution in [-0.2, 0) is 6.54 Å². The van der Waals surface area contributed by atoms with Crippen LogP contribution in [-0.4, -0.2) is 33.9 Å². The minimum absolute atomic E-state index is 0.210. The van der Waals surface area contributed by atoms with Crippen molar-refractivity contribution in [2.45, 2.75) is 32.0 Å². The number of likely N-dealkylation sites (N-methyl/N-ethyl adjacent to an activating group) is 1. The number of allylic oxidation sites excluding steroid dienone is 2. The molecule has 0 saturated heterocycles. The van der Waals surface area contributed by atoms with Gasteiger partial charge in [0, 0.05) is 13.1 Å². The van der Waals surface area contributed by atoms with Crippen LogP contribution in [0.4, 0.5) is 4.39 Å². The Morgan fingerprint density at radius 3 is 2.65 bits per heavy atom. The number of aromatic nitrogens is 2. The minimum atomic E-state index is -0.892. The van der Waals surface area contributed by atoms with Gasteiger partial charge in [-0.2, -0.15) is 0 Å². The van der Waals surface area contributed by atoms with Crippen molar-refractivity contribution in [3.63, 3.8) is 0 Å². The van der Waals surface area contributed by atoms with Gasteiger partial charge < -0.3 is 10.4 Å². The normalized spacial score (nSPS) is 15.5. The van der Waals surface area contributed by atoms with Gasteiger partial charge in [-0.15, -0.1) is 0 Å². The molecule has 0 bridgehead atoms. The van der Waals surface area contributed by atoms with Crippen molar-refractivity contribution >= 4 is 12.2 Å². The van der Waals surface area contributed by atoms with E-state index in [1.54, 1.807) is 28.3 Å². The summed E-state index contributed by atoms with van der Waals surface area (Å²) in [7, 11) is 1.73. The molecule has 1 heterocycles. The molecule has 0 spiro atoms. The van der Waals surface area contributed by atoms with Gasteiger partial charge in [-0.3, -0.25) is 9.13 Å². The first kappa shape index (κ1) is 18.4. The molecule has 0 radical (unpaired) electrons. The molecule has 2 aromatic rings. The highest BCUT2D eigenvalue weighted by atomic mass is 19.1. The van der Waals surface area contributed by atoms with Crippen LogP contribution in [0, 0.1) is 5.82 Å². The highest BCUT2D eigenvalue weighted by Gasteiger charge is 2.29. The Bertz CT molecular complexity index is 895. The lowest BCUT2D eigenvalue weighted by Gasteiger charge is -2.25. The maximum atomic E-state index is 13.9. The van der Waals surface area contributed by atoms with Gasteiger partial charge in [-0.05, 0) is 50.2 Å². The average molecular weight is 357 g/mol. The van der Waals surface area contributed by atoms with Crippen molar-refractivity contribution in [2.24, 2.45) is 0 Å². The number of fused-ring (bicyclic) bond motifs is 1. The smallest absolute Gasteiger partial charge is 0.329 e. The van der Waals surface area contributed by atoms with E-state index in [2.05, 4.69) is 5.32 Å². The summed E-state index contributed by atoms with van der Waals surface area (Å²) >= 11 is 0. The van der Waals surface area contributed by atoms with E-state index in [4.69, 9.17) is 0 Å². The predicted molar refractivity (Wildman–Crippen MR) is 102 cm³/mol. The summed E-state index contributed by atoms with van der Waals surface area (Å²) in [5.74, 6) is -0.395. The molecule has 0 aliphatic heterocycles. The zero-order chi connectivity index (χ0) is 18.7. The number of halogens is 1. The summed E-state index contributed by atoms with van der Waals surface area (Å²) in [6, 6.07) is 5.38. The number of benzene rings is 1. The molecule has 1 aliphatic carbocycles. The number of aliphatic hydroxyl groups excluding tert-OH is 1. The molecule has 0 saturated carbocycles. The molecule has 2 N–H and O–H groups in total. The molecule has 1 aliphatic rings. The van der Waals surface area contributed by atoms with E-state index in [1.807, 2.05) is 31.2 Å². The second-order valence-corrected chi connectivity index (χ2v) is 6.33. The van der Waals surface area contributed by atoms with Gasteiger partial charge >= 0.3 is 5.69 Å². The van der Waals surface area contributed by atoms with Gasteiger partial charge in [0.1, 0.15) is 5.82 Å². The summed E-state index contributed by atoms with van der Waals surface area (Å²) < 4.78 is 17.1. The lowest BCUT2D eigenvalue weighted by Crippen LogP contribution is -2.39. The summed E-state index contributed by atoms with van der Waals surface area (Å²) in [6.45, 7) is 2.71. The van der Waals surface area contributed by atoms with Gasteiger partial charge in [0.2, 0.25) is 0 Å². The first-order valence-electron chi connectivity index (χ1n) is 8.84. The fraction of sp³-hybridized carbons (Fsp3) is 0.350. The van der Waals surface area contributed by atoms with E-state index in [0.29, 0.717) is 12.1 Å². The molecule has 2 unspecified atom stereocenters. The molecule has 1 aromatic heterocycles. The maximum absolute atomic E-state index is 13.9. The molecule has 0 amide bonds. The molecule has 6 heteroatoms. The minimum Gasteiger partial charge on any atom is -0.389 e. The summed E-state index contributed by atoms with van der Waals surface area (Å²) in [6.07, 6.45) is 7.70.